The number of nitrogens with two attached hydrogens (primary N) is 1. The van der Waals surface area contributed by atoms with Gasteiger partial charge in [0.15, 0.2) is 0 Å². The molecule has 1 fully saturated rings. The van der Waals surface area contributed by atoms with Crippen molar-refractivity contribution in [3.8, 4) is 11.9 Å². The smallest absolute Gasteiger partial charge is 0.215 e. The van der Waals surface area contributed by atoms with E-state index in [1.807, 2.05) is 6.92 Å². The van der Waals surface area contributed by atoms with Crippen molar-refractivity contribution in [3.05, 3.63) is 23.4 Å². The molecule has 1 aliphatic rings. The fourth-order valence-electron chi connectivity index (χ4n) is 2.19. The van der Waals surface area contributed by atoms with Gasteiger partial charge in [-0.25, -0.2) is 4.98 Å². The highest BCUT2D eigenvalue weighted by Crippen LogP contribution is 2.22. The summed E-state index contributed by atoms with van der Waals surface area (Å²) < 4.78 is 5.80. The molecule has 2 N–H and O–H groups in total. The second-order valence-corrected chi connectivity index (χ2v) is 4.55. The van der Waals surface area contributed by atoms with Crippen molar-refractivity contribution < 1.29 is 4.74 Å². The van der Waals surface area contributed by atoms with Crippen LogP contribution in [0.3, 0.4) is 0 Å². The number of ether oxygens (including phenoxy) is 1. The average molecular weight is 231 g/mol. The standard InChI is InChI=1S/C13H17N3O/c1-9-6-10(8-14)7-13(16-9)17-12-5-3-2-4-11(12)15/h6-7,11-12H,2-5,15H2,1H3. The molecule has 0 spiro atoms. The number of pyridine rings is 1. The van der Waals surface area contributed by atoms with E-state index in [1.54, 1.807) is 12.1 Å². The predicted octanol–water partition coefficient (Wildman–Crippen LogP) is 1.91. The second-order valence-electron chi connectivity index (χ2n) is 4.55. The van der Waals surface area contributed by atoms with Crippen LogP contribution in [0.15, 0.2) is 12.1 Å². The topological polar surface area (TPSA) is 71.9 Å². The van der Waals surface area contributed by atoms with Gasteiger partial charge in [-0.15, -0.1) is 0 Å². The van der Waals surface area contributed by atoms with Crippen LogP contribution in [-0.2, 0) is 0 Å². The van der Waals surface area contributed by atoms with Gasteiger partial charge < -0.3 is 10.5 Å². The highest BCUT2D eigenvalue weighted by molar-refractivity contribution is 5.34. The first-order valence-electron chi connectivity index (χ1n) is 6.00. The van der Waals surface area contributed by atoms with E-state index in [4.69, 9.17) is 15.7 Å². The van der Waals surface area contributed by atoms with Gasteiger partial charge in [-0.05, 0) is 32.3 Å². The van der Waals surface area contributed by atoms with Crippen LogP contribution >= 0.6 is 0 Å². The average Bonchev–Trinajstić information content (AvgIpc) is 2.31. The summed E-state index contributed by atoms with van der Waals surface area (Å²) in [4.78, 5) is 4.28. The summed E-state index contributed by atoms with van der Waals surface area (Å²) in [7, 11) is 0. The molecular formula is C13H17N3O. The number of nitriles is 1. The first-order valence-corrected chi connectivity index (χ1v) is 6.00. The molecule has 0 saturated heterocycles. The van der Waals surface area contributed by atoms with Gasteiger partial charge in [-0.2, -0.15) is 5.26 Å². The van der Waals surface area contributed by atoms with E-state index >= 15 is 0 Å². The number of nitrogens with zero attached hydrogens (tertiary/aromatic N) is 2. The number of hydrogen-bond acceptors (Lipinski definition) is 4. The highest BCUT2D eigenvalue weighted by atomic mass is 16.5. The summed E-state index contributed by atoms with van der Waals surface area (Å²) in [5.74, 6) is 0.518. The molecule has 2 atom stereocenters. The van der Waals surface area contributed by atoms with Gasteiger partial charge >= 0.3 is 0 Å². The molecule has 1 heterocycles. The molecule has 90 valence electrons. The summed E-state index contributed by atoms with van der Waals surface area (Å²) in [6, 6.07) is 5.60. The van der Waals surface area contributed by atoms with Crippen molar-refractivity contribution in [1.29, 1.82) is 5.26 Å². The zero-order chi connectivity index (χ0) is 12.3. The van der Waals surface area contributed by atoms with Crippen molar-refractivity contribution in [2.75, 3.05) is 0 Å². The maximum atomic E-state index is 8.89. The van der Waals surface area contributed by atoms with Gasteiger partial charge in [-0.1, -0.05) is 6.42 Å². The largest absolute Gasteiger partial charge is 0.473 e. The van der Waals surface area contributed by atoms with Crippen LogP contribution in [0.25, 0.3) is 0 Å². The summed E-state index contributed by atoms with van der Waals surface area (Å²) >= 11 is 0. The molecule has 1 aromatic heterocycles. The third kappa shape index (κ3) is 2.95. The van der Waals surface area contributed by atoms with Crippen molar-refractivity contribution in [2.45, 2.75) is 44.8 Å². The van der Waals surface area contributed by atoms with Crippen molar-refractivity contribution in [1.82, 2.24) is 4.98 Å². The lowest BCUT2D eigenvalue weighted by molar-refractivity contribution is 0.126. The Labute approximate surface area is 101 Å². The fourth-order valence-corrected chi connectivity index (χ4v) is 2.19. The number of hydrogen-bond donors (Lipinski definition) is 1. The van der Waals surface area contributed by atoms with E-state index in [0.717, 1.165) is 25.0 Å². The summed E-state index contributed by atoms with van der Waals surface area (Å²) in [6.07, 6.45) is 4.32. The van der Waals surface area contributed by atoms with Crippen molar-refractivity contribution >= 4 is 0 Å². The SMILES string of the molecule is Cc1cc(C#N)cc(OC2CCCCC2N)n1. The van der Waals surface area contributed by atoms with Crippen LogP contribution < -0.4 is 10.5 Å². The van der Waals surface area contributed by atoms with Crippen LogP contribution in [0.4, 0.5) is 0 Å². The van der Waals surface area contributed by atoms with E-state index < -0.39 is 0 Å². The van der Waals surface area contributed by atoms with E-state index in [1.165, 1.54) is 6.42 Å². The predicted molar refractivity (Wildman–Crippen MR) is 64.5 cm³/mol. The molecule has 1 saturated carbocycles. The highest BCUT2D eigenvalue weighted by Gasteiger charge is 2.23. The summed E-state index contributed by atoms with van der Waals surface area (Å²) in [6.45, 7) is 1.86. The Bertz CT molecular complexity index is 439. The third-order valence-corrected chi connectivity index (χ3v) is 3.08. The molecule has 17 heavy (non-hydrogen) atoms. The molecule has 4 heteroatoms. The van der Waals surface area contributed by atoms with Crippen LogP contribution in [0.5, 0.6) is 5.88 Å². The van der Waals surface area contributed by atoms with E-state index in [-0.39, 0.29) is 12.1 Å². The van der Waals surface area contributed by atoms with Gasteiger partial charge in [0.1, 0.15) is 6.10 Å². The Morgan fingerprint density at radius 1 is 1.41 bits per heavy atom. The number of aryl methyl sites for hydroxylation is 1. The van der Waals surface area contributed by atoms with Crippen LogP contribution in [0.2, 0.25) is 0 Å². The van der Waals surface area contributed by atoms with Gasteiger partial charge in [0.05, 0.1) is 11.6 Å². The van der Waals surface area contributed by atoms with Crippen molar-refractivity contribution in [2.24, 2.45) is 5.73 Å². The lowest BCUT2D eigenvalue weighted by atomic mass is 9.93. The normalized spacial score (nSPS) is 24.1. The first-order chi connectivity index (χ1) is 8.19. The van der Waals surface area contributed by atoms with Gasteiger partial charge in [0.2, 0.25) is 5.88 Å². The van der Waals surface area contributed by atoms with Crippen LogP contribution in [-0.4, -0.2) is 17.1 Å². The van der Waals surface area contributed by atoms with E-state index in [0.29, 0.717) is 11.4 Å². The summed E-state index contributed by atoms with van der Waals surface area (Å²) in [5.41, 5.74) is 7.39. The minimum Gasteiger partial charge on any atom is -0.473 e. The summed E-state index contributed by atoms with van der Waals surface area (Å²) in [5, 5.41) is 8.89. The minimum atomic E-state index is 0.0320. The molecule has 0 radical (unpaired) electrons. The van der Waals surface area contributed by atoms with E-state index in [2.05, 4.69) is 11.1 Å². The number of aromatic nitrogens is 1. The number of rotatable bonds is 2. The third-order valence-electron chi connectivity index (χ3n) is 3.08. The van der Waals surface area contributed by atoms with Gasteiger partial charge in [0.25, 0.3) is 0 Å². The first kappa shape index (κ1) is 11.9. The zero-order valence-corrected chi connectivity index (χ0v) is 10.0. The minimum absolute atomic E-state index is 0.0320. The molecule has 0 bridgehead atoms. The molecule has 1 aromatic rings. The molecule has 2 unspecified atom stereocenters. The zero-order valence-electron chi connectivity index (χ0n) is 10.0. The van der Waals surface area contributed by atoms with Gasteiger partial charge in [0, 0.05) is 17.8 Å². The molecule has 4 nitrogen and oxygen atoms in total. The lowest BCUT2D eigenvalue weighted by Crippen LogP contribution is -2.41. The maximum absolute atomic E-state index is 8.89. The molecule has 0 aliphatic heterocycles. The Balaban J connectivity index is 2.12. The van der Waals surface area contributed by atoms with Crippen LogP contribution in [0.1, 0.15) is 36.9 Å². The van der Waals surface area contributed by atoms with Crippen molar-refractivity contribution in [3.63, 3.8) is 0 Å². The molecule has 0 amide bonds. The quantitative estimate of drug-likeness (QED) is 0.843. The maximum Gasteiger partial charge on any atom is 0.215 e. The lowest BCUT2D eigenvalue weighted by Gasteiger charge is -2.28. The molecular weight excluding hydrogens is 214 g/mol. The second kappa shape index (κ2) is 5.15. The fraction of sp³-hybridized carbons (Fsp3) is 0.538. The monoisotopic (exact) mass is 231 g/mol. The van der Waals surface area contributed by atoms with E-state index in [9.17, 15) is 0 Å². The molecule has 1 aliphatic carbocycles. The van der Waals surface area contributed by atoms with Crippen LogP contribution in [0, 0.1) is 18.3 Å². The molecule has 0 aromatic carbocycles. The Morgan fingerprint density at radius 2 is 2.18 bits per heavy atom. The Kier molecular flexibility index (Phi) is 3.60. The Hall–Kier alpha value is -1.60. The van der Waals surface area contributed by atoms with Gasteiger partial charge in [-0.3, -0.25) is 0 Å². The molecule has 2 rings (SSSR count). The Morgan fingerprint density at radius 3 is 2.88 bits per heavy atom.